The smallest absolute Gasteiger partial charge is 0.248 e. The van der Waals surface area contributed by atoms with Crippen LogP contribution in [0.1, 0.15) is 23.2 Å². The number of hydrogen-bond acceptors (Lipinski definition) is 4. The largest absolute Gasteiger partial charge is 0.497 e. The Bertz CT molecular complexity index is 675. The average Bonchev–Trinajstić information content (AvgIpc) is 2.63. The molecule has 24 heavy (non-hydrogen) atoms. The molecule has 6 heteroatoms. The first-order valence-electron chi connectivity index (χ1n) is 7.51. The summed E-state index contributed by atoms with van der Waals surface area (Å²) in [5.41, 5.74) is 1.41. The van der Waals surface area contributed by atoms with Crippen molar-refractivity contribution in [2.75, 3.05) is 14.2 Å². The Morgan fingerprint density at radius 2 is 1.00 bits per heavy atom. The Morgan fingerprint density at radius 3 is 1.29 bits per heavy atom. The van der Waals surface area contributed by atoms with Gasteiger partial charge >= 0.3 is 0 Å². The fourth-order valence-corrected chi connectivity index (χ4v) is 2.64. The van der Waals surface area contributed by atoms with E-state index in [0.29, 0.717) is 22.6 Å². The number of amides is 2. The molecule has 2 aromatic rings. The molecule has 1 heterocycles. The summed E-state index contributed by atoms with van der Waals surface area (Å²) in [6.07, 6.45) is 0. The van der Waals surface area contributed by atoms with Crippen LogP contribution in [-0.2, 0) is 9.59 Å². The van der Waals surface area contributed by atoms with Gasteiger partial charge in [0.15, 0.2) is 0 Å². The molecule has 2 unspecified atom stereocenters. The van der Waals surface area contributed by atoms with Crippen molar-refractivity contribution >= 4 is 11.8 Å². The molecule has 0 radical (unpaired) electrons. The molecule has 0 bridgehead atoms. The molecule has 3 rings (SSSR count). The maximum absolute atomic E-state index is 12.4. The van der Waals surface area contributed by atoms with Gasteiger partial charge in [0.25, 0.3) is 0 Å². The third-order valence-electron chi connectivity index (χ3n) is 4.00. The van der Waals surface area contributed by atoms with Gasteiger partial charge in [0.1, 0.15) is 23.6 Å². The van der Waals surface area contributed by atoms with Crippen molar-refractivity contribution in [2.45, 2.75) is 12.1 Å². The summed E-state index contributed by atoms with van der Waals surface area (Å²) in [7, 11) is 3.15. The van der Waals surface area contributed by atoms with Gasteiger partial charge in [-0.2, -0.15) is 0 Å². The molecule has 0 aliphatic carbocycles. The molecule has 2 amide bonds. The van der Waals surface area contributed by atoms with Gasteiger partial charge in [-0.1, -0.05) is 24.3 Å². The van der Waals surface area contributed by atoms with Gasteiger partial charge in [0.05, 0.1) is 14.2 Å². The number of ether oxygens (including phenoxy) is 2. The van der Waals surface area contributed by atoms with E-state index in [2.05, 4.69) is 10.6 Å². The molecule has 6 nitrogen and oxygen atoms in total. The van der Waals surface area contributed by atoms with Crippen molar-refractivity contribution in [2.24, 2.45) is 0 Å². The van der Waals surface area contributed by atoms with Gasteiger partial charge in [-0.05, 0) is 35.4 Å². The Morgan fingerprint density at radius 1 is 0.667 bits per heavy atom. The molecule has 0 spiro atoms. The standard InChI is InChI=1S/C18H18N2O4/c1-23-13-7-3-11(4-8-13)15-17(21)20-16(18(22)19-15)12-5-9-14(24-2)10-6-12/h3-10,15-16H,1-2H3,(H,19,22)(H,20,21). The van der Waals surface area contributed by atoms with Crippen LogP contribution in [0, 0.1) is 0 Å². The molecular formula is C18H18N2O4. The predicted octanol–water partition coefficient (Wildman–Crippen LogP) is 1.73. The van der Waals surface area contributed by atoms with E-state index in [0.717, 1.165) is 0 Å². The van der Waals surface area contributed by atoms with E-state index in [-0.39, 0.29) is 11.8 Å². The molecule has 2 atom stereocenters. The van der Waals surface area contributed by atoms with E-state index in [9.17, 15) is 9.59 Å². The van der Waals surface area contributed by atoms with E-state index >= 15 is 0 Å². The van der Waals surface area contributed by atoms with Crippen LogP contribution < -0.4 is 20.1 Å². The van der Waals surface area contributed by atoms with Crippen molar-refractivity contribution in [3.63, 3.8) is 0 Å². The molecule has 0 saturated carbocycles. The third kappa shape index (κ3) is 3.03. The number of nitrogens with one attached hydrogen (secondary N) is 2. The van der Waals surface area contributed by atoms with Crippen molar-refractivity contribution in [1.82, 2.24) is 10.6 Å². The monoisotopic (exact) mass is 326 g/mol. The quantitative estimate of drug-likeness (QED) is 0.897. The zero-order valence-corrected chi connectivity index (χ0v) is 13.4. The third-order valence-corrected chi connectivity index (χ3v) is 4.00. The van der Waals surface area contributed by atoms with Crippen LogP contribution in [0.3, 0.4) is 0 Å². The first kappa shape index (κ1) is 15.9. The van der Waals surface area contributed by atoms with Crippen molar-refractivity contribution in [3.05, 3.63) is 59.7 Å². The Balaban J connectivity index is 1.78. The molecule has 0 aromatic heterocycles. The Kier molecular flexibility index (Phi) is 4.37. The average molecular weight is 326 g/mol. The van der Waals surface area contributed by atoms with E-state index in [1.54, 1.807) is 62.8 Å². The number of benzene rings is 2. The summed E-state index contributed by atoms with van der Waals surface area (Å²) >= 11 is 0. The minimum atomic E-state index is -0.710. The second-order valence-corrected chi connectivity index (χ2v) is 5.43. The van der Waals surface area contributed by atoms with Gasteiger partial charge in [-0.3, -0.25) is 9.59 Å². The molecular weight excluding hydrogens is 308 g/mol. The number of carbonyl (C=O) groups is 2. The maximum atomic E-state index is 12.4. The number of hydrogen-bond donors (Lipinski definition) is 2. The fraction of sp³-hybridized carbons (Fsp3) is 0.222. The van der Waals surface area contributed by atoms with Crippen LogP contribution in [0.2, 0.25) is 0 Å². The lowest BCUT2D eigenvalue weighted by Gasteiger charge is -2.30. The summed E-state index contributed by atoms with van der Waals surface area (Å²) in [6.45, 7) is 0. The van der Waals surface area contributed by atoms with Crippen LogP contribution in [0.25, 0.3) is 0 Å². The van der Waals surface area contributed by atoms with E-state index in [1.807, 2.05) is 0 Å². The molecule has 1 saturated heterocycles. The van der Waals surface area contributed by atoms with Gasteiger partial charge in [0, 0.05) is 0 Å². The molecule has 1 aliphatic rings. The molecule has 2 aromatic carbocycles. The predicted molar refractivity (Wildman–Crippen MR) is 87.8 cm³/mol. The number of methoxy groups -OCH3 is 2. The first-order chi connectivity index (χ1) is 11.6. The summed E-state index contributed by atoms with van der Waals surface area (Å²) in [5.74, 6) is 0.885. The van der Waals surface area contributed by atoms with Gasteiger partial charge in [0.2, 0.25) is 11.8 Å². The van der Waals surface area contributed by atoms with Crippen LogP contribution in [-0.4, -0.2) is 26.0 Å². The Labute approximate surface area is 139 Å². The van der Waals surface area contributed by atoms with E-state index in [4.69, 9.17) is 9.47 Å². The lowest BCUT2D eigenvalue weighted by molar-refractivity contribution is -0.137. The molecule has 1 fully saturated rings. The minimum absolute atomic E-state index is 0.249. The van der Waals surface area contributed by atoms with Crippen LogP contribution in [0.15, 0.2) is 48.5 Å². The van der Waals surface area contributed by atoms with Crippen molar-refractivity contribution < 1.29 is 19.1 Å². The molecule has 124 valence electrons. The SMILES string of the molecule is COc1ccc(C2NC(=O)C(c3ccc(OC)cc3)NC2=O)cc1. The normalized spacial score (nSPS) is 20.1. The van der Waals surface area contributed by atoms with Gasteiger partial charge in [-0.15, -0.1) is 0 Å². The maximum Gasteiger partial charge on any atom is 0.248 e. The zero-order valence-electron chi connectivity index (χ0n) is 13.4. The second kappa shape index (κ2) is 6.62. The number of piperazine rings is 1. The van der Waals surface area contributed by atoms with Crippen LogP contribution >= 0.6 is 0 Å². The lowest BCUT2D eigenvalue weighted by atomic mass is 9.98. The number of rotatable bonds is 4. The highest BCUT2D eigenvalue weighted by Crippen LogP contribution is 2.25. The molecule has 2 N–H and O–H groups in total. The number of carbonyl (C=O) groups excluding carboxylic acids is 2. The second-order valence-electron chi connectivity index (χ2n) is 5.43. The topological polar surface area (TPSA) is 76.7 Å². The van der Waals surface area contributed by atoms with Gasteiger partial charge in [-0.25, -0.2) is 0 Å². The Hall–Kier alpha value is -3.02. The highest BCUT2D eigenvalue weighted by atomic mass is 16.5. The molecule has 1 aliphatic heterocycles. The summed E-state index contributed by atoms with van der Waals surface area (Å²) in [6, 6.07) is 12.6. The van der Waals surface area contributed by atoms with E-state index < -0.39 is 12.1 Å². The first-order valence-corrected chi connectivity index (χ1v) is 7.51. The fourth-order valence-electron chi connectivity index (χ4n) is 2.64. The minimum Gasteiger partial charge on any atom is -0.497 e. The van der Waals surface area contributed by atoms with E-state index in [1.165, 1.54) is 0 Å². The summed E-state index contributed by atoms with van der Waals surface area (Å²) in [5, 5.41) is 5.55. The zero-order chi connectivity index (χ0) is 17.1. The van der Waals surface area contributed by atoms with Crippen LogP contribution in [0.5, 0.6) is 11.5 Å². The van der Waals surface area contributed by atoms with Crippen LogP contribution in [0.4, 0.5) is 0 Å². The van der Waals surface area contributed by atoms with Crippen molar-refractivity contribution in [1.29, 1.82) is 0 Å². The summed E-state index contributed by atoms with van der Waals surface area (Å²) in [4.78, 5) is 24.8. The summed E-state index contributed by atoms with van der Waals surface area (Å²) < 4.78 is 10.2. The van der Waals surface area contributed by atoms with Gasteiger partial charge < -0.3 is 20.1 Å². The van der Waals surface area contributed by atoms with Crippen molar-refractivity contribution in [3.8, 4) is 11.5 Å². The lowest BCUT2D eigenvalue weighted by Crippen LogP contribution is -2.52. The highest BCUT2D eigenvalue weighted by molar-refractivity contribution is 5.98. The highest BCUT2D eigenvalue weighted by Gasteiger charge is 2.35.